The maximum Gasteiger partial charge on any atom is 0.164 e. The van der Waals surface area contributed by atoms with Gasteiger partial charge in [-0.05, 0) is 82.4 Å². The molecule has 16 aromatic rings. The van der Waals surface area contributed by atoms with E-state index in [0.29, 0.717) is 34.9 Å². The molecule has 16 rings (SSSR count). The Morgan fingerprint density at radius 2 is 0.512 bits per heavy atom. The van der Waals surface area contributed by atoms with Crippen molar-refractivity contribution in [3.63, 3.8) is 0 Å². The first-order valence-corrected chi connectivity index (χ1v) is 28.8. The van der Waals surface area contributed by atoms with E-state index in [4.69, 9.17) is 29.9 Å². The molecule has 0 aliphatic rings. The number of fused-ring (bicyclic) bond motifs is 6. The first-order chi connectivity index (χ1) is 42.6. The molecule has 0 amide bonds. The van der Waals surface area contributed by atoms with E-state index in [0.717, 1.165) is 83.7 Å². The zero-order chi connectivity index (χ0) is 56.9. The van der Waals surface area contributed by atoms with E-state index >= 15 is 0 Å². The summed E-state index contributed by atoms with van der Waals surface area (Å²) in [6.45, 7) is 0. The Kier molecular flexibility index (Phi) is 12.3. The summed E-state index contributed by atoms with van der Waals surface area (Å²) in [5.74, 6) is 3.56. The van der Waals surface area contributed by atoms with E-state index in [2.05, 4.69) is 252 Å². The number of hydrogen-bond donors (Lipinski definition) is 0. The molecule has 4 heterocycles. The standard InChI is InChI=1S/C78H50N8/c1-5-20-53(21-6-1)73-79-75(83-78(82-73)61-27-18-25-58(49-61)59-46-47-67-65-32-13-15-36-69(65)85(71(67)50-59)62-28-9-3-10-29-62)55-42-38-51(39-43-55)57-24-17-26-60(48-57)77-81-74(54-22-7-2-8-23-54)80-76(84-77)56-44-40-52(41-45-56)64-34-19-35-68-66-33-14-16-37-70(66)86(72(64)68)63-30-11-4-12-31-63/h1-50H. The fraction of sp³-hybridized carbons (Fsp3) is 0. The molecule has 8 heteroatoms. The van der Waals surface area contributed by atoms with Gasteiger partial charge in [-0.25, -0.2) is 29.9 Å². The molecule has 0 bridgehead atoms. The fourth-order valence-corrected chi connectivity index (χ4v) is 12.1. The van der Waals surface area contributed by atoms with Crippen molar-refractivity contribution in [2.45, 2.75) is 0 Å². The van der Waals surface area contributed by atoms with Crippen LogP contribution in [0.2, 0.25) is 0 Å². The predicted molar refractivity (Wildman–Crippen MR) is 351 cm³/mol. The summed E-state index contributed by atoms with van der Waals surface area (Å²) in [5.41, 5.74) is 18.7. The fourth-order valence-electron chi connectivity index (χ4n) is 12.1. The third-order valence-corrected chi connectivity index (χ3v) is 16.2. The molecule has 0 spiro atoms. The molecule has 0 fully saturated rings. The van der Waals surface area contributed by atoms with E-state index in [9.17, 15) is 0 Å². The van der Waals surface area contributed by atoms with Crippen LogP contribution in [0.3, 0.4) is 0 Å². The van der Waals surface area contributed by atoms with Crippen LogP contribution in [0.15, 0.2) is 303 Å². The molecule has 402 valence electrons. The zero-order valence-corrected chi connectivity index (χ0v) is 46.4. The second-order valence-electron chi connectivity index (χ2n) is 21.5. The van der Waals surface area contributed by atoms with Gasteiger partial charge in [0.15, 0.2) is 34.9 Å². The molecule has 0 radical (unpaired) electrons. The molecular weight excluding hydrogens is 1050 g/mol. The minimum Gasteiger partial charge on any atom is -0.309 e. The van der Waals surface area contributed by atoms with Crippen molar-refractivity contribution in [3.8, 4) is 113 Å². The van der Waals surface area contributed by atoms with Crippen molar-refractivity contribution < 1.29 is 0 Å². The van der Waals surface area contributed by atoms with Crippen LogP contribution in [-0.4, -0.2) is 39.0 Å². The zero-order valence-electron chi connectivity index (χ0n) is 46.4. The van der Waals surface area contributed by atoms with Gasteiger partial charge in [0.1, 0.15) is 0 Å². The first kappa shape index (κ1) is 50.0. The lowest BCUT2D eigenvalue weighted by Crippen LogP contribution is -2.00. The molecule has 12 aromatic carbocycles. The molecule has 0 aliphatic heterocycles. The summed E-state index contributed by atoms with van der Waals surface area (Å²) >= 11 is 0. The van der Waals surface area contributed by atoms with E-state index in [-0.39, 0.29) is 0 Å². The van der Waals surface area contributed by atoms with Gasteiger partial charge < -0.3 is 9.13 Å². The molecule has 86 heavy (non-hydrogen) atoms. The number of para-hydroxylation sites is 5. The Morgan fingerprint density at radius 1 is 0.186 bits per heavy atom. The van der Waals surface area contributed by atoms with Gasteiger partial charge in [0, 0.05) is 71.9 Å². The summed E-state index contributed by atoms with van der Waals surface area (Å²) in [6, 6.07) is 106. The lowest BCUT2D eigenvalue weighted by molar-refractivity contribution is 1.07. The Balaban J connectivity index is 0.729. The highest BCUT2D eigenvalue weighted by Gasteiger charge is 2.20. The number of nitrogens with zero attached hydrogens (tertiary/aromatic N) is 8. The average molecular weight is 1100 g/mol. The average Bonchev–Trinajstić information content (AvgIpc) is 2.42. The minimum atomic E-state index is 0.583. The second-order valence-corrected chi connectivity index (χ2v) is 21.5. The number of hydrogen-bond acceptors (Lipinski definition) is 6. The first-order valence-electron chi connectivity index (χ1n) is 28.8. The monoisotopic (exact) mass is 1100 g/mol. The van der Waals surface area contributed by atoms with Gasteiger partial charge in [0.05, 0.1) is 22.1 Å². The van der Waals surface area contributed by atoms with Gasteiger partial charge in [0.2, 0.25) is 0 Å². The van der Waals surface area contributed by atoms with E-state index in [1.807, 2.05) is 60.7 Å². The largest absolute Gasteiger partial charge is 0.309 e. The molecule has 0 aliphatic carbocycles. The van der Waals surface area contributed by atoms with Crippen molar-refractivity contribution in [2.24, 2.45) is 0 Å². The minimum absolute atomic E-state index is 0.583. The lowest BCUT2D eigenvalue weighted by atomic mass is 10.00. The van der Waals surface area contributed by atoms with Crippen molar-refractivity contribution in [1.82, 2.24) is 39.0 Å². The Labute approximate surface area is 496 Å². The third-order valence-electron chi connectivity index (χ3n) is 16.2. The highest BCUT2D eigenvalue weighted by Crippen LogP contribution is 2.40. The molecule has 0 saturated carbocycles. The van der Waals surface area contributed by atoms with Gasteiger partial charge in [-0.3, -0.25) is 0 Å². The smallest absolute Gasteiger partial charge is 0.164 e. The number of aromatic nitrogens is 8. The maximum atomic E-state index is 5.20. The van der Waals surface area contributed by atoms with Crippen LogP contribution >= 0.6 is 0 Å². The molecule has 8 nitrogen and oxygen atoms in total. The van der Waals surface area contributed by atoms with Crippen LogP contribution in [0.1, 0.15) is 0 Å². The van der Waals surface area contributed by atoms with Crippen LogP contribution in [0.25, 0.3) is 157 Å². The summed E-state index contributed by atoms with van der Waals surface area (Å²) in [6.07, 6.45) is 0. The van der Waals surface area contributed by atoms with Crippen LogP contribution in [0.4, 0.5) is 0 Å². The van der Waals surface area contributed by atoms with Crippen molar-refractivity contribution in [3.05, 3.63) is 303 Å². The molecule has 0 unspecified atom stereocenters. The highest BCUT2D eigenvalue weighted by molar-refractivity contribution is 6.14. The van der Waals surface area contributed by atoms with Gasteiger partial charge in [-0.1, -0.05) is 249 Å². The summed E-state index contributed by atoms with van der Waals surface area (Å²) in [5, 5.41) is 4.86. The molecule has 0 saturated heterocycles. The van der Waals surface area contributed by atoms with Gasteiger partial charge in [-0.15, -0.1) is 0 Å². The second kappa shape index (κ2) is 21.2. The molecular formula is C78H50N8. The molecule has 4 aromatic heterocycles. The van der Waals surface area contributed by atoms with Gasteiger partial charge in [0.25, 0.3) is 0 Å². The third kappa shape index (κ3) is 9.06. The SMILES string of the molecule is c1ccc(-c2nc(-c3ccc(-c4cccc5c6ccccc6n(-c6ccccc6)c45)cc3)nc(-c3cccc(-c4ccc(-c5nc(-c6ccccc6)nc(-c6cccc(-c7ccc8c9ccccc9n(-c9ccccc9)c8c7)c6)n5)cc4)c3)n2)cc1. The van der Waals surface area contributed by atoms with Crippen LogP contribution < -0.4 is 0 Å². The Hall–Kier alpha value is -11.7. The van der Waals surface area contributed by atoms with Crippen LogP contribution in [0.5, 0.6) is 0 Å². The molecule has 0 N–H and O–H groups in total. The Morgan fingerprint density at radius 3 is 1.05 bits per heavy atom. The highest BCUT2D eigenvalue weighted by atomic mass is 15.0. The van der Waals surface area contributed by atoms with Crippen LogP contribution in [0, 0.1) is 0 Å². The predicted octanol–water partition coefficient (Wildman–Crippen LogP) is 19.3. The number of benzene rings is 12. The van der Waals surface area contributed by atoms with Gasteiger partial charge >= 0.3 is 0 Å². The summed E-state index contributed by atoms with van der Waals surface area (Å²) in [4.78, 5) is 30.8. The van der Waals surface area contributed by atoms with E-state index < -0.39 is 0 Å². The summed E-state index contributed by atoms with van der Waals surface area (Å²) in [7, 11) is 0. The van der Waals surface area contributed by atoms with E-state index in [1.54, 1.807) is 0 Å². The topological polar surface area (TPSA) is 87.2 Å². The number of rotatable bonds is 11. The summed E-state index contributed by atoms with van der Waals surface area (Å²) < 4.78 is 4.73. The quantitative estimate of drug-likeness (QED) is 0.128. The van der Waals surface area contributed by atoms with Crippen molar-refractivity contribution in [2.75, 3.05) is 0 Å². The van der Waals surface area contributed by atoms with Crippen molar-refractivity contribution >= 4 is 43.6 Å². The van der Waals surface area contributed by atoms with Gasteiger partial charge in [-0.2, -0.15) is 0 Å². The maximum absolute atomic E-state index is 5.20. The van der Waals surface area contributed by atoms with Crippen LogP contribution in [-0.2, 0) is 0 Å². The Bertz CT molecular complexity index is 5190. The lowest BCUT2D eigenvalue weighted by Gasteiger charge is -2.12. The molecule has 0 atom stereocenters. The van der Waals surface area contributed by atoms with E-state index in [1.165, 1.54) is 38.1 Å². The normalized spacial score (nSPS) is 11.5. The van der Waals surface area contributed by atoms with Crippen molar-refractivity contribution in [1.29, 1.82) is 0 Å².